The van der Waals surface area contributed by atoms with Gasteiger partial charge in [0.25, 0.3) is 5.91 Å². The van der Waals surface area contributed by atoms with Gasteiger partial charge >= 0.3 is 0 Å². The molecule has 0 radical (unpaired) electrons. The number of rotatable bonds is 14. The molecule has 4 amide bonds. The third kappa shape index (κ3) is 9.69. The number of hydroxylamine groups is 1. The van der Waals surface area contributed by atoms with Crippen molar-refractivity contribution in [2.45, 2.75) is 58.5 Å². The maximum Gasteiger partial charge on any atom is 0.265 e. The van der Waals surface area contributed by atoms with Crippen molar-refractivity contribution in [2.75, 3.05) is 6.54 Å². The van der Waals surface area contributed by atoms with Crippen molar-refractivity contribution in [2.24, 2.45) is 17.6 Å². The highest BCUT2D eigenvalue weighted by Crippen LogP contribution is 2.19. The first kappa shape index (κ1) is 29.5. The number of carbonyl (C=O) groups excluding carboxylic acids is 4. The lowest BCUT2D eigenvalue weighted by Gasteiger charge is -2.30. The number of hydrogen-bond donors (Lipinski definition) is 4. The minimum absolute atomic E-state index is 0.0978. The largest absolute Gasteiger partial charge is 0.368 e. The fraction of sp³-hybridized carbons (Fsp3) is 0.429. The van der Waals surface area contributed by atoms with E-state index < -0.39 is 41.6 Å². The summed E-state index contributed by atoms with van der Waals surface area (Å²) in [6.45, 7) is 5.63. The summed E-state index contributed by atoms with van der Waals surface area (Å²) in [6.07, 6.45) is 0.985. The van der Waals surface area contributed by atoms with Crippen molar-refractivity contribution < 1.29 is 24.4 Å². The molecule has 0 spiro atoms. The summed E-state index contributed by atoms with van der Waals surface area (Å²) in [4.78, 5) is 52.3. The molecule has 0 aliphatic rings. The third-order valence-electron chi connectivity index (χ3n) is 6.25. The summed E-state index contributed by atoms with van der Waals surface area (Å²) < 4.78 is 0. The molecule has 0 aromatic heterocycles. The summed E-state index contributed by atoms with van der Waals surface area (Å²) in [5.41, 5.74) is 9.01. The summed E-state index contributed by atoms with van der Waals surface area (Å²) in [5.74, 6) is -2.85. The standard InChI is InChI=1S/C28H38N4O5/c1-19(2)16-23(28(36)30-24(26(29)34)17-22-12-8-5-9-13-22)18-25(33)32(20(3)27(35)31-37)15-14-21-10-6-4-7-11-21/h4-13,19-20,23-24,37H,14-18H2,1-3H3,(H2,29,34)(H,30,36)(H,31,35). The molecule has 2 aromatic carbocycles. The Labute approximate surface area is 218 Å². The van der Waals surface area contributed by atoms with E-state index in [4.69, 9.17) is 10.9 Å². The Bertz CT molecular complexity index is 1030. The Morgan fingerprint density at radius 2 is 1.46 bits per heavy atom. The summed E-state index contributed by atoms with van der Waals surface area (Å²) in [6, 6.07) is 16.9. The van der Waals surface area contributed by atoms with Gasteiger partial charge < -0.3 is 16.0 Å². The predicted molar refractivity (Wildman–Crippen MR) is 140 cm³/mol. The molecular formula is C28H38N4O5. The number of nitrogens with one attached hydrogen (secondary N) is 2. The van der Waals surface area contributed by atoms with Gasteiger partial charge in [-0.3, -0.25) is 24.4 Å². The molecule has 3 atom stereocenters. The van der Waals surface area contributed by atoms with Crippen LogP contribution in [0.25, 0.3) is 0 Å². The lowest BCUT2D eigenvalue weighted by atomic mass is 9.91. The van der Waals surface area contributed by atoms with E-state index in [1.54, 1.807) is 5.48 Å². The van der Waals surface area contributed by atoms with E-state index in [9.17, 15) is 19.2 Å². The number of nitrogens with zero attached hydrogens (tertiary/aromatic N) is 1. The number of nitrogens with two attached hydrogens (primary N) is 1. The Morgan fingerprint density at radius 1 is 0.892 bits per heavy atom. The molecule has 37 heavy (non-hydrogen) atoms. The molecule has 200 valence electrons. The Hall–Kier alpha value is -3.72. The smallest absolute Gasteiger partial charge is 0.265 e. The first-order valence-corrected chi connectivity index (χ1v) is 12.5. The van der Waals surface area contributed by atoms with Crippen LogP contribution in [0.2, 0.25) is 0 Å². The zero-order valence-electron chi connectivity index (χ0n) is 21.7. The van der Waals surface area contributed by atoms with E-state index in [0.717, 1.165) is 11.1 Å². The molecule has 2 rings (SSSR count). The van der Waals surface area contributed by atoms with Crippen LogP contribution >= 0.6 is 0 Å². The first-order valence-electron chi connectivity index (χ1n) is 12.5. The Kier molecular flexibility index (Phi) is 11.8. The van der Waals surface area contributed by atoms with Gasteiger partial charge in [-0.05, 0) is 36.8 Å². The third-order valence-corrected chi connectivity index (χ3v) is 6.25. The van der Waals surface area contributed by atoms with Crippen molar-refractivity contribution in [3.05, 3.63) is 71.8 Å². The lowest BCUT2D eigenvalue weighted by Crippen LogP contribution is -2.51. The molecule has 0 aliphatic heterocycles. The van der Waals surface area contributed by atoms with Gasteiger partial charge in [-0.2, -0.15) is 0 Å². The van der Waals surface area contributed by atoms with E-state index in [1.165, 1.54) is 11.8 Å². The van der Waals surface area contributed by atoms with Crippen molar-refractivity contribution in [1.29, 1.82) is 0 Å². The fourth-order valence-electron chi connectivity index (χ4n) is 4.21. The highest BCUT2D eigenvalue weighted by molar-refractivity contribution is 5.92. The monoisotopic (exact) mass is 510 g/mol. The van der Waals surface area contributed by atoms with Crippen LogP contribution in [0.15, 0.2) is 60.7 Å². The van der Waals surface area contributed by atoms with Crippen LogP contribution in [0, 0.1) is 11.8 Å². The van der Waals surface area contributed by atoms with Gasteiger partial charge in [0.1, 0.15) is 12.1 Å². The second-order valence-corrected chi connectivity index (χ2v) is 9.66. The average molecular weight is 511 g/mol. The topological polar surface area (TPSA) is 142 Å². The maximum atomic E-state index is 13.4. The number of hydrogen-bond acceptors (Lipinski definition) is 5. The van der Waals surface area contributed by atoms with Crippen LogP contribution in [-0.4, -0.2) is 52.4 Å². The summed E-state index contributed by atoms with van der Waals surface area (Å²) in [5, 5.41) is 11.9. The van der Waals surface area contributed by atoms with Crippen molar-refractivity contribution in [3.63, 3.8) is 0 Å². The molecule has 5 N–H and O–H groups in total. The molecule has 0 saturated heterocycles. The molecule has 3 unspecified atom stereocenters. The molecule has 9 heteroatoms. The molecule has 2 aromatic rings. The second-order valence-electron chi connectivity index (χ2n) is 9.66. The minimum atomic E-state index is -0.944. The molecular weight excluding hydrogens is 472 g/mol. The minimum Gasteiger partial charge on any atom is -0.368 e. The van der Waals surface area contributed by atoms with Gasteiger partial charge in [0, 0.05) is 25.3 Å². The van der Waals surface area contributed by atoms with Crippen molar-refractivity contribution >= 4 is 23.6 Å². The number of primary amides is 1. The number of carbonyl (C=O) groups is 4. The predicted octanol–water partition coefficient (Wildman–Crippen LogP) is 2.22. The Morgan fingerprint density at radius 3 is 1.97 bits per heavy atom. The van der Waals surface area contributed by atoms with Gasteiger partial charge in [-0.25, -0.2) is 5.48 Å². The van der Waals surface area contributed by atoms with E-state index in [-0.39, 0.29) is 25.3 Å². The first-order chi connectivity index (χ1) is 17.6. The van der Waals surface area contributed by atoms with Gasteiger partial charge in [-0.1, -0.05) is 74.5 Å². The van der Waals surface area contributed by atoms with Crippen LogP contribution in [0.4, 0.5) is 0 Å². The summed E-state index contributed by atoms with van der Waals surface area (Å²) >= 11 is 0. The molecule has 0 saturated carbocycles. The summed E-state index contributed by atoms with van der Waals surface area (Å²) in [7, 11) is 0. The van der Waals surface area contributed by atoms with E-state index >= 15 is 0 Å². The van der Waals surface area contributed by atoms with Crippen LogP contribution in [-0.2, 0) is 32.0 Å². The van der Waals surface area contributed by atoms with Gasteiger partial charge in [0.15, 0.2) is 0 Å². The van der Waals surface area contributed by atoms with E-state index in [0.29, 0.717) is 12.8 Å². The molecule has 0 bridgehead atoms. The average Bonchev–Trinajstić information content (AvgIpc) is 2.88. The van der Waals surface area contributed by atoms with Gasteiger partial charge in [-0.15, -0.1) is 0 Å². The number of amides is 4. The van der Waals surface area contributed by atoms with Crippen molar-refractivity contribution in [3.8, 4) is 0 Å². The van der Waals surface area contributed by atoms with Crippen LogP contribution in [0.3, 0.4) is 0 Å². The highest BCUT2D eigenvalue weighted by Gasteiger charge is 2.31. The molecule has 0 heterocycles. The van der Waals surface area contributed by atoms with Crippen LogP contribution in [0.1, 0.15) is 44.7 Å². The molecule has 0 fully saturated rings. The van der Waals surface area contributed by atoms with Gasteiger partial charge in [0.05, 0.1) is 0 Å². The van der Waals surface area contributed by atoms with Gasteiger partial charge in [0.2, 0.25) is 17.7 Å². The lowest BCUT2D eigenvalue weighted by molar-refractivity contribution is -0.145. The van der Waals surface area contributed by atoms with E-state index in [1.807, 2.05) is 74.5 Å². The second kappa shape index (κ2) is 14.7. The molecule has 9 nitrogen and oxygen atoms in total. The van der Waals surface area contributed by atoms with E-state index in [2.05, 4.69) is 5.32 Å². The van der Waals surface area contributed by atoms with Crippen molar-refractivity contribution in [1.82, 2.24) is 15.7 Å². The zero-order valence-corrected chi connectivity index (χ0v) is 21.7. The van der Waals surface area contributed by atoms with Crippen LogP contribution < -0.4 is 16.5 Å². The Balaban J connectivity index is 2.18. The SMILES string of the molecule is CC(C)CC(CC(=O)N(CCc1ccccc1)C(C)C(=O)NO)C(=O)NC(Cc1ccccc1)C(N)=O. The quantitative estimate of drug-likeness (QED) is 0.228. The normalized spacial score (nSPS) is 13.3. The molecule has 0 aliphatic carbocycles. The highest BCUT2D eigenvalue weighted by atomic mass is 16.5. The van der Waals surface area contributed by atoms with Crippen LogP contribution in [0.5, 0.6) is 0 Å². The fourth-order valence-corrected chi connectivity index (χ4v) is 4.21. The zero-order chi connectivity index (χ0) is 27.4. The maximum absolute atomic E-state index is 13.4. The number of benzene rings is 2.